The summed E-state index contributed by atoms with van der Waals surface area (Å²) in [5.74, 6) is 6.75. The van der Waals surface area contributed by atoms with Crippen LogP contribution >= 0.6 is 0 Å². The predicted octanol–water partition coefficient (Wildman–Crippen LogP) is 0.805. The molecular formula is C15H18N6O2. The van der Waals surface area contributed by atoms with Crippen molar-refractivity contribution in [2.24, 2.45) is 0 Å². The first-order valence-electron chi connectivity index (χ1n) is 7.19. The lowest BCUT2D eigenvalue weighted by Crippen LogP contribution is -2.33. The fourth-order valence-corrected chi connectivity index (χ4v) is 2.41. The summed E-state index contributed by atoms with van der Waals surface area (Å²) in [6, 6.07) is 5.90. The topological polar surface area (TPSA) is 111 Å². The number of rotatable bonds is 5. The van der Waals surface area contributed by atoms with E-state index in [9.17, 15) is 4.79 Å². The minimum atomic E-state index is -0.360. The number of benzene rings is 1. The standard InChI is InChI=1S/C15H18N6O2/c1-9-14(22)21(16)15(20-19-9)17-6-5-10-8-18-13-7-11(23-2)3-4-12(10)13/h3-4,7-8,18H,5-6,16H2,1-2H3,(H,17,20). The highest BCUT2D eigenvalue weighted by molar-refractivity contribution is 5.84. The van der Waals surface area contributed by atoms with Crippen LogP contribution in [-0.2, 0) is 6.42 Å². The molecule has 0 saturated carbocycles. The van der Waals surface area contributed by atoms with E-state index in [2.05, 4.69) is 20.5 Å². The Labute approximate surface area is 132 Å². The molecule has 0 amide bonds. The molecule has 0 aliphatic carbocycles. The predicted molar refractivity (Wildman–Crippen MR) is 88.2 cm³/mol. The summed E-state index contributed by atoms with van der Waals surface area (Å²) in [7, 11) is 1.64. The Kier molecular flexibility index (Phi) is 3.88. The van der Waals surface area contributed by atoms with E-state index in [1.54, 1.807) is 14.0 Å². The summed E-state index contributed by atoms with van der Waals surface area (Å²) in [5.41, 5.74) is 2.08. The van der Waals surface area contributed by atoms with Crippen LogP contribution in [-0.4, -0.2) is 33.5 Å². The molecule has 3 rings (SSSR count). The summed E-state index contributed by atoms with van der Waals surface area (Å²) >= 11 is 0. The van der Waals surface area contributed by atoms with Crippen molar-refractivity contribution in [1.29, 1.82) is 0 Å². The number of ether oxygens (including phenoxy) is 1. The van der Waals surface area contributed by atoms with E-state index in [0.717, 1.165) is 33.3 Å². The number of nitrogens with one attached hydrogen (secondary N) is 2. The van der Waals surface area contributed by atoms with E-state index in [-0.39, 0.29) is 17.2 Å². The molecule has 0 spiro atoms. The van der Waals surface area contributed by atoms with Gasteiger partial charge in [0.15, 0.2) is 0 Å². The Morgan fingerprint density at radius 3 is 3.00 bits per heavy atom. The minimum Gasteiger partial charge on any atom is -0.497 e. The van der Waals surface area contributed by atoms with Gasteiger partial charge in [0, 0.05) is 29.7 Å². The minimum absolute atomic E-state index is 0.252. The highest BCUT2D eigenvalue weighted by Crippen LogP contribution is 2.23. The monoisotopic (exact) mass is 314 g/mol. The highest BCUT2D eigenvalue weighted by atomic mass is 16.5. The number of aryl methyl sites for hydroxylation is 1. The van der Waals surface area contributed by atoms with Crippen molar-refractivity contribution in [3.8, 4) is 5.75 Å². The van der Waals surface area contributed by atoms with Crippen molar-refractivity contribution < 1.29 is 4.74 Å². The fourth-order valence-electron chi connectivity index (χ4n) is 2.41. The number of H-pyrrole nitrogens is 1. The van der Waals surface area contributed by atoms with Crippen LogP contribution < -0.4 is 21.5 Å². The van der Waals surface area contributed by atoms with Crippen molar-refractivity contribution in [2.45, 2.75) is 13.3 Å². The Balaban J connectivity index is 1.72. The summed E-state index contributed by atoms with van der Waals surface area (Å²) in [6.07, 6.45) is 2.71. The number of nitrogens with zero attached hydrogens (tertiary/aromatic N) is 3. The molecule has 1 aromatic carbocycles. The molecule has 2 aromatic heterocycles. The molecule has 0 aliphatic heterocycles. The van der Waals surface area contributed by atoms with Crippen LogP contribution in [0.4, 0.5) is 5.95 Å². The van der Waals surface area contributed by atoms with Gasteiger partial charge in [-0.25, -0.2) is 0 Å². The molecule has 8 heteroatoms. The normalized spacial score (nSPS) is 10.9. The zero-order chi connectivity index (χ0) is 16.4. The van der Waals surface area contributed by atoms with Crippen LogP contribution in [0.5, 0.6) is 5.75 Å². The number of aromatic nitrogens is 4. The molecule has 3 aromatic rings. The molecule has 0 bridgehead atoms. The number of hydrogen-bond acceptors (Lipinski definition) is 6. The van der Waals surface area contributed by atoms with Crippen LogP contribution in [0.3, 0.4) is 0 Å². The highest BCUT2D eigenvalue weighted by Gasteiger charge is 2.08. The van der Waals surface area contributed by atoms with Gasteiger partial charge in [0.25, 0.3) is 5.56 Å². The lowest BCUT2D eigenvalue weighted by atomic mass is 10.1. The lowest BCUT2D eigenvalue weighted by Gasteiger charge is -2.08. The fraction of sp³-hybridized carbons (Fsp3) is 0.267. The summed E-state index contributed by atoms with van der Waals surface area (Å²) in [6.45, 7) is 2.15. The number of anilines is 1. The van der Waals surface area contributed by atoms with E-state index in [1.807, 2.05) is 24.4 Å². The van der Waals surface area contributed by atoms with Crippen molar-refractivity contribution >= 4 is 16.9 Å². The van der Waals surface area contributed by atoms with Crippen LogP contribution in [0, 0.1) is 6.92 Å². The zero-order valence-electron chi connectivity index (χ0n) is 13.0. The molecule has 0 fully saturated rings. The second kappa shape index (κ2) is 5.99. The number of methoxy groups -OCH3 is 1. The number of nitrogens with two attached hydrogens (primary N) is 1. The maximum atomic E-state index is 11.7. The van der Waals surface area contributed by atoms with Gasteiger partial charge in [0.1, 0.15) is 11.4 Å². The second-order valence-electron chi connectivity index (χ2n) is 5.19. The Hall–Kier alpha value is -3.03. The molecule has 0 saturated heterocycles. The molecule has 8 nitrogen and oxygen atoms in total. The molecule has 0 radical (unpaired) electrons. The van der Waals surface area contributed by atoms with Gasteiger partial charge in [0.05, 0.1) is 7.11 Å². The first-order valence-corrected chi connectivity index (χ1v) is 7.19. The summed E-state index contributed by atoms with van der Waals surface area (Å²) in [5, 5.41) is 11.8. The molecule has 2 heterocycles. The van der Waals surface area contributed by atoms with Crippen molar-refractivity contribution in [2.75, 3.05) is 24.8 Å². The number of nitrogen functional groups attached to an aromatic ring is 1. The van der Waals surface area contributed by atoms with E-state index >= 15 is 0 Å². The van der Waals surface area contributed by atoms with E-state index in [0.29, 0.717) is 6.54 Å². The molecule has 0 unspecified atom stereocenters. The lowest BCUT2D eigenvalue weighted by molar-refractivity contribution is 0.415. The zero-order valence-corrected chi connectivity index (χ0v) is 13.0. The van der Waals surface area contributed by atoms with Crippen LogP contribution in [0.25, 0.3) is 10.9 Å². The van der Waals surface area contributed by atoms with Gasteiger partial charge in [-0.2, -0.15) is 4.68 Å². The maximum absolute atomic E-state index is 11.7. The van der Waals surface area contributed by atoms with Crippen molar-refractivity contribution in [3.05, 3.63) is 46.0 Å². The average molecular weight is 314 g/mol. The molecule has 0 atom stereocenters. The van der Waals surface area contributed by atoms with Gasteiger partial charge in [-0.15, -0.1) is 10.2 Å². The van der Waals surface area contributed by atoms with Crippen molar-refractivity contribution in [1.82, 2.24) is 19.9 Å². The molecular weight excluding hydrogens is 296 g/mol. The van der Waals surface area contributed by atoms with Gasteiger partial charge >= 0.3 is 0 Å². The third-order valence-corrected chi connectivity index (χ3v) is 3.70. The van der Waals surface area contributed by atoms with Crippen LogP contribution in [0.2, 0.25) is 0 Å². The van der Waals surface area contributed by atoms with Gasteiger partial charge in [-0.3, -0.25) is 4.79 Å². The quantitative estimate of drug-likeness (QED) is 0.601. The third-order valence-electron chi connectivity index (χ3n) is 3.70. The van der Waals surface area contributed by atoms with E-state index in [4.69, 9.17) is 10.6 Å². The third kappa shape index (κ3) is 2.83. The van der Waals surface area contributed by atoms with Crippen LogP contribution in [0.1, 0.15) is 11.3 Å². The van der Waals surface area contributed by atoms with Gasteiger partial charge < -0.3 is 20.9 Å². The first-order chi connectivity index (χ1) is 11.1. The smallest absolute Gasteiger partial charge is 0.295 e. The Morgan fingerprint density at radius 2 is 2.22 bits per heavy atom. The Bertz CT molecular complexity index is 899. The SMILES string of the molecule is COc1ccc2c(CCNc3nnc(C)c(=O)n3N)c[nH]c2c1. The van der Waals surface area contributed by atoms with Gasteiger partial charge in [-0.1, -0.05) is 0 Å². The molecule has 23 heavy (non-hydrogen) atoms. The summed E-state index contributed by atoms with van der Waals surface area (Å²) < 4.78 is 6.19. The first kappa shape index (κ1) is 14.9. The molecule has 120 valence electrons. The van der Waals surface area contributed by atoms with Crippen molar-refractivity contribution in [3.63, 3.8) is 0 Å². The van der Waals surface area contributed by atoms with Crippen LogP contribution in [0.15, 0.2) is 29.2 Å². The maximum Gasteiger partial charge on any atom is 0.295 e. The molecule has 0 aliphatic rings. The van der Waals surface area contributed by atoms with Gasteiger partial charge in [0.2, 0.25) is 5.95 Å². The molecule has 4 N–H and O–H groups in total. The van der Waals surface area contributed by atoms with E-state index in [1.165, 1.54) is 0 Å². The Morgan fingerprint density at radius 1 is 1.39 bits per heavy atom. The number of hydrogen-bond donors (Lipinski definition) is 3. The number of aromatic amines is 1. The second-order valence-corrected chi connectivity index (χ2v) is 5.19. The summed E-state index contributed by atoms with van der Waals surface area (Å²) in [4.78, 5) is 14.9. The largest absolute Gasteiger partial charge is 0.497 e. The van der Waals surface area contributed by atoms with Gasteiger partial charge in [-0.05, 0) is 31.0 Å². The average Bonchev–Trinajstić information content (AvgIpc) is 2.97. The number of fused-ring (bicyclic) bond motifs is 1. The van der Waals surface area contributed by atoms with E-state index < -0.39 is 0 Å².